The molecule has 2 fully saturated rings. The Bertz CT molecular complexity index is 1340. The molecule has 6 rings (SSSR count). The van der Waals surface area contributed by atoms with Gasteiger partial charge in [-0.25, -0.2) is 14.5 Å². The second kappa shape index (κ2) is 7.16. The molecule has 0 N–H and O–H groups in total. The zero-order valence-electron chi connectivity index (χ0n) is 17.6. The summed E-state index contributed by atoms with van der Waals surface area (Å²) in [6.45, 7) is 6.43. The minimum atomic E-state index is -0.0964. The maximum Gasteiger partial charge on any atom is 0.258 e. The lowest BCUT2D eigenvalue weighted by Gasteiger charge is -2.24. The molecule has 8 heteroatoms. The lowest BCUT2D eigenvalue weighted by molar-refractivity contribution is 0.260. The van der Waals surface area contributed by atoms with Gasteiger partial charge in [-0.1, -0.05) is 0 Å². The van der Waals surface area contributed by atoms with Gasteiger partial charge in [0.1, 0.15) is 11.3 Å². The minimum Gasteiger partial charge on any atom is -0.369 e. The molecule has 2 aliphatic rings. The number of fused-ring (bicyclic) bond motifs is 2. The van der Waals surface area contributed by atoms with Crippen LogP contribution in [0.25, 0.3) is 22.7 Å². The number of aromatic nitrogens is 5. The van der Waals surface area contributed by atoms with Crippen molar-refractivity contribution < 1.29 is 0 Å². The molecule has 1 unspecified atom stereocenters. The Morgan fingerprint density at radius 3 is 2.65 bits per heavy atom. The van der Waals surface area contributed by atoms with E-state index in [9.17, 15) is 4.79 Å². The Morgan fingerprint density at radius 1 is 0.935 bits per heavy atom. The first-order valence-corrected chi connectivity index (χ1v) is 11.0. The van der Waals surface area contributed by atoms with E-state index in [0.29, 0.717) is 23.1 Å². The van der Waals surface area contributed by atoms with E-state index in [0.717, 1.165) is 30.1 Å². The number of anilines is 1. The largest absolute Gasteiger partial charge is 0.369 e. The van der Waals surface area contributed by atoms with Gasteiger partial charge in [-0.15, -0.1) is 0 Å². The fourth-order valence-corrected chi connectivity index (χ4v) is 4.93. The summed E-state index contributed by atoms with van der Waals surface area (Å²) in [6.07, 6.45) is 7.61. The summed E-state index contributed by atoms with van der Waals surface area (Å²) in [6, 6.07) is 9.95. The predicted octanol–water partition coefficient (Wildman–Crippen LogP) is 2.39. The van der Waals surface area contributed by atoms with Gasteiger partial charge in [-0.2, -0.15) is 5.10 Å². The molecule has 4 aromatic rings. The summed E-state index contributed by atoms with van der Waals surface area (Å²) < 4.78 is 3.36. The van der Waals surface area contributed by atoms with Crippen molar-refractivity contribution in [3.8, 4) is 11.4 Å². The molecule has 0 bridgehead atoms. The van der Waals surface area contributed by atoms with E-state index in [1.807, 2.05) is 37.5 Å². The van der Waals surface area contributed by atoms with Gasteiger partial charge in [-0.05, 0) is 63.5 Å². The van der Waals surface area contributed by atoms with E-state index in [4.69, 9.17) is 4.98 Å². The Hall–Kier alpha value is -3.26. The highest BCUT2D eigenvalue weighted by Crippen LogP contribution is 2.25. The second-order valence-corrected chi connectivity index (χ2v) is 8.63. The average Bonchev–Trinajstić information content (AvgIpc) is 3.52. The van der Waals surface area contributed by atoms with Crippen LogP contribution in [0.4, 0.5) is 5.69 Å². The SMILES string of the molecule is Cc1cn2nc(-c3cc(=O)n4cc(N5CCC(N6CCCC6)C5)ccc4n3)ccc2n1. The maximum atomic E-state index is 12.9. The standard InChI is InChI=1S/C23H25N7O/c1-16-13-30-22(24-16)7-5-19(26-30)20-12-23(31)29-15-17(4-6-21(29)25-20)28-11-8-18(14-28)27-9-2-3-10-27/h4-7,12-13,15,18H,2-3,8-11,14H2,1H3. The number of nitrogens with zero attached hydrogens (tertiary/aromatic N) is 7. The van der Waals surface area contributed by atoms with Crippen molar-refractivity contribution >= 4 is 17.0 Å². The third-order valence-corrected chi connectivity index (χ3v) is 6.53. The molecule has 2 aliphatic heterocycles. The fraction of sp³-hybridized carbons (Fsp3) is 0.391. The summed E-state index contributed by atoms with van der Waals surface area (Å²) in [4.78, 5) is 27.0. The highest BCUT2D eigenvalue weighted by Gasteiger charge is 2.29. The first-order chi connectivity index (χ1) is 15.1. The molecule has 0 saturated carbocycles. The molecule has 0 aromatic carbocycles. The first-order valence-electron chi connectivity index (χ1n) is 11.0. The second-order valence-electron chi connectivity index (χ2n) is 8.63. The molecule has 31 heavy (non-hydrogen) atoms. The van der Waals surface area contributed by atoms with Crippen LogP contribution in [0.5, 0.6) is 0 Å². The average molecular weight is 416 g/mol. The van der Waals surface area contributed by atoms with Crippen LogP contribution in [0, 0.1) is 6.92 Å². The van der Waals surface area contributed by atoms with Crippen LogP contribution in [0.1, 0.15) is 25.0 Å². The lowest BCUT2D eigenvalue weighted by Crippen LogP contribution is -2.35. The van der Waals surface area contributed by atoms with Gasteiger partial charge in [0.2, 0.25) is 0 Å². The quantitative estimate of drug-likeness (QED) is 0.512. The van der Waals surface area contributed by atoms with Gasteiger partial charge in [-0.3, -0.25) is 14.1 Å². The van der Waals surface area contributed by atoms with Crippen LogP contribution < -0.4 is 10.5 Å². The number of pyridine rings is 1. The van der Waals surface area contributed by atoms with E-state index >= 15 is 0 Å². The van der Waals surface area contributed by atoms with E-state index < -0.39 is 0 Å². The van der Waals surface area contributed by atoms with Gasteiger partial charge < -0.3 is 4.90 Å². The highest BCUT2D eigenvalue weighted by atomic mass is 16.1. The number of likely N-dealkylation sites (tertiary alicyclic amines) is 1. The Morgan fingerprint density at radius 2 is 1.77 bits per heavy atom. The van der Waals surface area contributed by atoms with Crippen molar-refractivity contribution in [2.75, 3.05) is 31.1 Å². The van der Waals surface area contributed by atoms with Gasteiger partial charge >= 0.3 is 0 Å². The summed E-state index contributed by atoms with van der Waals surface area (Å²) in [7, 11) is 0. The number of hydrogen-bond acceptors (Lipinski definition) is 6. The maximum absolute atomic E-state index is 12.9. The normalized spacial score (nSPS) is 19.8. The highest BCUT2D eigenvalue weighted by molar-refractivity contribution is 5.60. The van der Waals surface area contributed by atoms with E-state index in [-0.39, 0.29) is 5.56 Å². The molecular weight excluding hydrogens is 390 g/mol. The van der Waals surface area contributed by atoms with E-state index in [2.05, 4.69) is 25.9 Å². The van der Waals surface area contributed by atoms with E-state index in [1.54, 1.807) is 15.0 Å². The third kappa shape index (κ3) is 3.27. The molecule has 2 saturated heterocycles. The number of hydrogen-bond donors (Lipinski definition) is 0. The van der Waals surface area contributed by atoms with Crippen molar-refractivity contribution in [3.63, 3.8) is 0 Å². The van der Waals surface area contributed by atoms with Crippen LogP contribution in [0.2, 0.25) is 0 Å². The fourth-order valence-electron chi connectivity index (χ4n) is 4.93. The molecule has 8 nitrogen and oxygen atoms in total. The molecule has 1 atom stereocenters. The van der Waals surface area contributed by atoms with E-state index in [1.165, 1.54) is 32.4 Å². The number of rotatable bonds is 3. The third-order valence-electron chi connectivity index (χ3n) is 6.53. The zero-order chi connectivity index (χ0) is 20.9. The molecule has 0 amide bonds. The number of imidazole rings is 1. The van der Waals surface area contributed by atoms with Gasteiger partial charge in [0.15, 0.2) is 5.65 Å². The van der Waals surface area contributed by atoms with Crippen LogP contribution >= 0.6 is 0 Å². The van der Waals surface area contributed by atoms with Crippen molar-refractivity contribution in [2.45, 2.75) is 32.2 Å². The lowest BCUT2D eigenvalue weighted by atomic mass is 10.2. The summed E-state index contributed by atoms with van der Waals surface area (Å²) in [5.74, 6) is 0. The molecular formula is C23H25N7O. The van der Waals surface area contributed by atoms with Crippen molar-refractivity contribution in [1.82, 2.24) is 28.9 Å². The monoisotopic (exact) mass is 415 g/mol. The molecule has 0 spiro atoms. The minimum absolute atomic E-state index is 0.0964. The van der Waals surface area contributed by atoms with Gasteiger partial charge in [0, 0.05) is 31.4 Å². The Balaban J connectivity index is 1.31. The van der Waals surface area contributed by atoms with Crippen LogP contribution in [-0.2, 0) is 0 Å². The van der Waals surface area contributed by atoms with Crippen LogP contribution in [-0.4, -0.2) is 61.1 Å². The predicted molar refractivity (Wildman–Crippen MR) is 120 cm³/mol. The smallest absolute Gasteiger partial charge is 0.258 e. The van der Waals surface area contributed by atoms with Gasteiger partial charge in [0.05, 0.1) is 23.3 Å². The Kier molecular flexibility index (Phi) is 4.27. The zero-order valence-corrected chi connectivity index (χ0v) is 17.6. The van der Waals surface area contributed by atoms with Crippen LogP contribution in [0.3, 0.4) is 0 Å². The number of aryl methyl sites for hydroxylation is 1. The van der Waals surface area contributed by atoms with Crippen LogP contribution in [0.15, 0.2) is 47.5 Å². The summed E-state index contributed by atoms with van der Waals surface area (Å²) in [5.41, 5.74) is 4.52. The summed E-state index contributed by atoms with van der Waals surface area (Å²) in [5, 5.41) is 4.57. The molecule has 4 aromatic heterocycles. The first kappa shape index (κ1) is 18.5. The van der Waals surface area contributed by atoms with Crippen molar-refractivity contribution in [2.24, 2.45) is 0 Å². The molecule has 6 heterocycles. The van der Waals surface area contributed by atoms with Crippen molar-refractivity contribution in [1.29, 1.82) is 0 Å². The molecule has 0 radical (unpaired) electrons. The topological polar surface area (TPSA) is 71.0 Å². The Labute approximate surface area is 179 Å². The van der Waals surface area contributed by atoms with Crippen molar-refractivity contribution in [3.05, 3.63) is 58.8 Å². The molecule has 0 aliphatic carbocycles. The summed E-state index contributed by atoms with van der Waals surface area (Å²) >= 11 is 0. The van der Waals surface area contributed by atoms with Gasteiger partial charge in [0.25, 0.3) is 5.56 Å². The molecule has 158 valence electrons.